The van der Waals surface area contributed by atoms with Crippen LogP contribution < -0.4 is 0 Å². The molecule has 1 fully saturated rings. The van der Waals surface area contributed by atoms with Crippen molar-refractivity contribution in [2.24, 2.45) is 5.92 Å². The number of amides is 2. The topological polar surface area (TPSA) is 70.1 Å². The van der Waals surface area contributed by atoms with Gasteiger partial charge in [0.25, 0.3) is 0 Å². The largest absolute Gasteiger partial charge is 0.480 e. The van der Waals surface area contributed by atoms with Crippen molar-refractivity contribution in [3.63, 3.8) is 0 Å². The quantitative estimate of drug-likeness (QED) is 0.795. The Balaban J connectivity index is 2.71. The number of urea groups is 1. The van der Waals surface area contributed by atoms with E-state index in [-0.39, 0.29) is 6.03 Å². The van der Waals surface area contributed by atoms with E-state index >= 15 is 0 Å². The molecule has 1 heterocycles. The molecule has 1 aliphatic rings. The molecule has 1 N–H and O–H groups in total. The fraction of sp³-hybridized carbons (Fsp3) is 0.833. The Kier molecular flexibility index (Phi) is 6.44. The summed E-state index contributed by atoms with van der Waals surface area (Å²) in [4.78, 5) is 26.7. The zero-order valence-corrected chi connectivity index (χ0v) is 12.5. The van der Waals surface area contributed by atoms with Crippen LogP contribution in [0.5, 0.6) is 0 Å². The normalized spacial score (nSPS) is 18.9. The van der Waals surface area contributed by atoms with E-state index < -0.39 is 12.0 Å². The van der Waals surface area contributed by atoms with Crippen molar-refractivity contribution in [3.05, 3.63) is 0 Å². The minimum atomic E-state index is -0.936. The van der Waals surface area contributed by atoms with Crippen LogP contribution in [0.2, 0.25) is 0 Å². The van der Waals surface area contributed by atoms with Crippen molar-refractivity contribution >= 4 is 23.8 Å². The highest BCUT2D eigenvalue weighted by atomic mass is 32.2. The average molecular weight is 290 g/mol. The molecule has 0 unspecified atom stereocenters. The van der Waals surface area contributed by atoms with E-state index in [4.69, 9.17) is 9.84 Å². The van der Waals surface area contributed by atoms with E-state index in [2.05, 4.69) is 0 Å². The molecule has 1 aliphatic heterocycles. The highest BCUT2D eigenvalue weighted by molar-refractivity contribution is 7.99. The zero-order chi connectivity index (χ0) is 14.4. The van der Waals surface area contributed by atoms with Gasteiger partial charge >= 0.3 is 12.0 Å². The first-order valence-electron chi connectivity index (χ1n) is 6.32. The highest BCUT2D eigenvalue weighted by Crippen LogP contribution is 2.22. The number of rotatable bonds is 6. The maximum absolute atomic E-state index is 12.4. The van der Waals surface area contributed by atoms with E-state index in [0.29, 0.717) is 37.2 Å². The smallest absolute Gasteiger partial charge is 0.327 e. The summed E-state index contributed by atoms with van der Waals surface area (Å²) in [6, 6.07) is -0.919. The van der Waals surface area contributed by atoms with Gasteiger partial charge < -0.3 is 19.6 Å². The Morgan fingerprint density at radius 2 is 2.21 bits per heavy atom. The van der Waals surface area contributed by atoms with Crippen LogP contribution in [-0.4, -0.2) is 71.4 Å². The second kappa shape index (κ2) is 7.59. The van der Waals surface area contributed by atoms with Gasteiger partial charge in [0.2, 0.25) is 0 Å². The molecule has 0 spiro atoms. The molecule has 0 aliphatic carbocycles. The summed E-state index contributed by atoms with van der Waals surface area (Å²) in [6.07, 6.45) is 0. The summed E-state index contributed by atoms with van der Waals surface area (Å²) in [5.41, 5.74) is 0. The van der Waals surface area contributed by atoms with E-state index in [1.807, 2.05) is 13.8 Å². The lowest BCUT2D eigenvalue weighted by Crippen LogP contribution is -2.50. The zero-order valence-electron chi connectivity index (χ0n) is 11.7. The van der Waals surface area contributed by atoms with E-state index in [9.17, 15) is 9.59 Å². The molecule has 2 amide bonds. The molecule has 19 heavy (non-hydrogen) atoms. The van der Waals surface area contributed by atoms with Gasteiger partial charge in [0.1, 0.15) is 6.04 Å². The summed E-state index contributed by atoms with van der Waals surface area (Å²) in [5.74, 6) is 0.298. The Bertz CT molecular complexity index is 325. The van der Waals surface area contributed by atoms with Gasteiger partial charge in [-0.05, 0) is 5.92 Å². The van der Waals surface area contributed by atoms with Gasteiger partial charge in [-0.2, -0.15) is 0 Å². The highest BCUT2D eigenvalue weighted by Gasteiger charge is 2.36. The predicted octanol–water partition coefficient (Wildman–Crippen LogP) is 1.17. The third kappa shape index (κ3) is 4.58. The molecule has 0 aromatic heterocycles. The average Bonchev–Trinajstić information content (AvgIpc) is 2.82. The number of hydrogen-bond donors (Lipinski definition) is 1. The van der Waals surface area contributed by atoms with Crippen molar-refractivity contribution in [1.82, 2.24) is 9.80 Å². The van der Waals surface area contributed by atoms with Gasteiger partial charge in [0, 0.05) is 26.0 Å². The number of nitrogens with zero attached hydrogens (tertiary/aromatic N) is 2. The number of hydrogen-bond acceptors (Lipinski definition) is 4. The third-order valence-corrected chi connectivity index (χ3v) is 3.85. The molecule has 1 rings (SSSR count). The van der Waals surface area contributed by atoms with Crippen LogP contribution in [0.15, 0.2) is 0 Å². The maximum Gasteiger partial charge on any atom is 0.327 e. The van der Waals surface area contributed by atoms with Crippen molar-refractivity contribution in [1.29, 1.82) is 0 Å². The first-order chi connectivity index (χ1) is 8.97. The monoisotopic (exact) mass is 290 g/mol. The van der Waals surface area contributed by atoms with Crippen molar-refractivity contribution in [2.75, 3.05) is 38.4 Å². The lowest BCUT2D eigenvalue weighted by Gasteiger charge is -2.30. The second-order valence-electron chi connectivity index (χ2n) is 4.94. The van der Waals surface area contributed by atoms with Crippen LogP contribution in [0.25, 0.3) is 0 Å². The Labute approximate surface area is 118 Å². The SMILES string of the molecule is COCCN(CC(C)C)C(=O)N1CSC[C@H]1C(=O)O. The number of aliphatic carboxylic acids is 1. The van der Waals surface area contributed by atoms with Gasteiger partial charge in [-0.3, -0.25) is 0 Å². The summed E-state index contributed by atoms with van der Waals surface area (Å²) >= 11 is 1.47. The number of carbonyl (C=O) groups excluding carboxylic acids is 1. The van der Waals surface area contributed by atoms with Gasteiger partial charge in [0.15, 0.2) is 0 Å². The number of thioether (sulfide) groups is 1. The van der Waals surface area contributed by atoms with Crippen LogP contribution in [0.1, 0.15) is 13.8 Å². The number of methoxy groups -OCH3 is 1. The van der Waals surface area contributed by atoms with Gasteiger partial charge in [0.05, 0.1) is 12.5 Å². The van der Waals surface area contributed by atoms with Crippen LogP contribution in [0.4, 0.5) is 4.79 Å². The molecule has 0 saturated carbocycles. The van der Waals surface area contributed by atoms with Crippen LogP contribution in [-0.2, 0) is 9.53 Å². The number of carbonyl (C=O) groups is 2. The fourth-order valence-electron chi connectivity index (χ4n) is 1.92. The first kappa shape index (κ1) is 16.1. The molecular weight excluding hydrogens is 268 g/mol. The maximum atomic E-state index is 12.4. The van der Waals surface area contributed by atoms with Gasteiger partial charge in [-0.25, -0.2) is 9.59 Å². The minimum Gasteiger partial charge on any atom is -0.480 e. The van der Waals surface area contributed by atoms with E-state index in [0.717, 1.165) is 0 Å². The van der Waals surface area contributed by atoms with E-state index in [1.54, 1.807) is 12.0 Å². The van der Waals surface area contributed by atoms with Crippen LogP contribution in [0.3, 0.4) is 0 Å². The summed E-state index contributed by atoms with van der Waals surface area (Å²) in [7, 11) is 1.59. The number of carboxylic acids is 1. The molecule has 1 saturated heterocycles. The molecule has 0 aromatic rings. The number of ether oxygens (including phenoxy) is 1. The number of carboxylic acid groups (broad SMARTS) is 1. The minimum absolute atomic E-state index is 0.205. The van der Waals surface area contributed by atoms with Crippen LogP contribution in [0, 0.1) is 5.92 Å². The summed E-state index contributed by atoms with van der Waals surface area (Å²) in [5, 5.41) is 9.12. The Hall–Kier alpha value is -0.950. The summed E-state index contributed by atoms with van der Waals surface area (Å²) < 4.78 is 5.01. The molecule has 6 nitrogen and oxygen atoms in total. The first-order valence-corrected chi connectivity index (χ1v) is 7.47. The molecular formula is C12H22N2O4S. The van der Waals surface area contributed by atoms with Crippen molar-refractivity contribution < 1.29 is 19.4 Å². The Morgan fingerprint density at radius 1 is 1.53 bits per heavy atom. The fourth-order valence-corrected chi connectivity index (χ4v) is 3.06. The van der Waals surface area contributed by atoms with Crippen LogP contribution >= 0.6 is 11.8 Å². The molecule has 0 radical (unpaired) electrons. The van der Waals surface area contributed by atoms with Gasteiger partial charge in [-0.15, -0.1) is 11.8 Å². The summed E-state index contributed by atoms with van der Waals surface area (Å²) in [6.45, 7) is 5.61. The Morgan fingerprint density at radius 3 is 2.74 bits per heavy atom. The molecule has 1 atom stereocenters. The lowest BCUT2D eigenvalue weighted by molar-refractivity contribution is -0.140. The predicted molar refractivity (Wildman–Crippen MR) is 74.3 cm³/mol. The standard InChI is InChI=1S/C12H22N2O4S/c1-9(2)6-13(4-5-18-3)12(17)14-8-19-7-10(14)11(15)16/h9-10H,4-8H2,1-3H3,(H,15,16)/t10-/m0/s1. The van der Waals surface area contributed by atoms with Crippen molar-refractivity contribution in [3.8, 4) is 0 Å². The van der Waals surface area contributed by atoms with Crippen molar-refractivity contribution in [2.45, 2.75) is 19.9 Å². The molecule has 7 heteroatoms. The van der Waals surface area contributed by atoms with Gasteiger partial charge in [-0.1, -0.05) is 13.8 Å². The second-order valence-corrected chi connectivity index (χ2v) is 5.94. The third-order valence-electron chi connectivity index (χ3n) is 2.83. The molecule has 110 valence electrons. The molecule has 0 bridgehead atoms. The molecule has 0 aromatic carbocycles. The van der Waals surface area contributed by atoms with E-state index in [1.165, 1.54) is 16.7 Å². The lowest BCUT2D eigenvalue weighted by atomic mass is 10.2.